The first-order valence-corrected chi connectivity index (χ1v) is 10.8. The van der Waals surface area contributed by atoms with Gasteiger partial charge in [-0.15, -0.1) is 5.10 Å². The first-order valence-electron chi connectivity index (χ1n) is 10.8. The number of hydrogen-bond donors (Lipinski definition) is 0. The van der Waals surface area contributed by atoms with Crippen molar-refractivity contribution >= 4 is 27.9 Å². The average Bonchev–Trinajstić information content (AvgIpc) is 3.38. The monoisotopic (exact) mass is 424 g/mol. The van der Waals surface area contributed by atoms with Gasteiger partial charge in [0.15, 0.2) is 0 Å². The molecule has 2 heterocycles. The van der Waals surface area contributed by atoms with E-state index in [2.05, 4.69) is 59.2 Å². The Morgan fingerprint density at radius 2 is 1.78 bits per heavy atom. The molecule has 160 valence electrons. The highest BCUT2D eigenvalue weighted by Crippen LogP contribution is 2.25. The summed E-state index contributed by atoms with van der Waals surface area (Å²) < 4.78 is 2.23. The zero-order chi connectivity index (χ0) is 22.1. The van der Waals surface area contributed by atoms with Gasteiger partial charge in [0.05, 0.1) is 5.56 Å². The van der Waals surface area contributed by atoms with Crippen molar-refractivity contribution in [3.63, 3.8) is 0 Å². The molecule has 5 aromatic rings. The van der Waals surface area contributed by atoms with Gasteiger partial charge in [-0.3, -0.25) is 0 Å². The third-order valence-corrected chi connectivity index (χ3v) is 5.98. The van der Waals surface area contributed by atoms with Crippen molar-refractivity contribution in [2.24, 2.45) is 0 Å². The van der Waals surface area contributed by atoms with E-state index in [1.807, 2.05) is 42.5 Å². The minimum atomic E-state index is -0.467. The Kier molecular flexibility index (Phi) is 5.19. The molecule has 0 amide bonds. The summed E-state index contributed by atoms with van der Waals surface area (Å²) in [5, 5.41) is 9.11. The lowest BCUT2D eigenvalue weighted by Crippen LogP contribution is -2.21. The van der Waals surface area contributed by atoms with Crippen LogP contribution in [0.3, 0.4) is 0 Å². The number of carbonyl (C=O) groups excluding carboxylic acids is 1. The van der Waals surface area contributed by atoms with Gasteiger partial charge in [0.1, 0.15) is 11.0 Å². The molecular formula is C26H24N4O2. The molecule has 0 aliphatic carbocycles. The summed E-state index contributed by atoms with van der Waals surface area (Å²) in [5.74, 6) is -0.0201. The fraction of sp³-hybridized carbons (Fsp3) is 0.192. The van der Waals surface area contributed by atoms with Crippen LogP contribution in [0.1, 0.15) is 40.7 Å². The SMILES string of the molecule is Cc1cn(CCC(C)c2ccccc2)c2cc(C(=O)On3nnc4ccccc43)ccc12. The molecule has 6 nitrogen and oxygen atoms in total. The molecule has 2 aromatic heterocycles. The summed E-state index contributed by atoms with van der Waals surface area (Å²) in [6.07, 6.45) is 3.16. The lowest BCUT2D eigenvalue weighted by atomic mass is 9.98. The van der Waals surface area contributed by atoms with Crippen LogP contribution in [0.25, 0.3) is 21.9 Å². The van der Waals surface area contributed by atoms with Crippen LogP contribution in [0.5, 0.6) is 0 Å². The van der Waals surface area contributed by atoms with Gasteiger partial charge in [0.25, 0.3) is 0 Å². The number of fused-ring (bicyclic) bond motifs is 2. The molecule has 0 spiro atoms. The summed E-state index contributed by atoms with van der Waals surface area (Å²) in [6.45, 7) is 5.21. The number of aryl methyl sites for hydroxylation is 2. The number of rotatable bonds is 6. The largest absolute Gasteiger partial charge is 0.365 e. The zero-order valence-corrected chi connectivity index (χ0v) is 18.1. The minimum absolute atomic E-state index is 0.447. The molecule has 5 rings (SSSR count). The van der Waals surface area contributed by atoms with E-state index in [1.54, 1.807) is 6.07 Å². The van der Waals surface area contributed by atoms with E-state index in [0.29, 0.717) is 22.5 Å². The molecule has 1 atom stereocenters. The molecule has 0 fully saturated rings. The lowest BCUT2D eigenvalue weighted by molar-refractivity contribution is 0.0409. The molecule has 0 saturated carbocycles. The van der Waals surface area contributed by atoms with E-state index in [-0.39, 0.29) is 0 Å². The quantitative estimate of drug-likeness (QED) is 0.353. The molecule has 0 radical (unpaired) electrons. The van der Waals surface area contributed by atoms with Gasteiger partial charge in [-0.1, -0.05) is 60.3 Å². The van der Waals surface area contributed by atoms with E-state index < -0.39 is 5.97 Å². The Morgan fingerprint density at radius 3 is 2.62 bits per heavy atom. The van der Waals surface area contributed by atoms with Crippen molar-refractivity contribution in [1.29, 1.82) is 0 Å². The van der Waals surface area contributed by atoms with E-state index in [0.717, 1.165) is 23.9 Å². The zero-order valence-electron chi connectivity index (χ0n) is 18.1. The molecule has 32 heavy (non-hydrogen) atoms. The van der Waals surface area contributed by atoms with Crippen LogP contribution >= 0.6 is 0 Å². The maximum atomic E-state index is 12.8. The third-order valence-electron chi connectivity index (χ3n) is 5.98. The van der Waals surface area contributed by atoms with Gasteiger partial charge in [0.2, 0.25) is 0 Å². The molecule has 0 aliphatic heterocycles. The fourth-order valence-corrected chi connectivity index (χ4v) is 4.11. The van der Waals surface area contributed by atoms with Gasteiger partial charge in [-0.2, -0.15) is 0 Å². The summed E-state index contributed by atoms with van der Waals surface area (Å²) in [6, 6.07) is 23.6. The Balaban J connectivity index is 1.38. The number of benzene rings is 3. The van der Waals surface area contributed by atoms with E-state index >= 15 is 0 Å². The fourth-order valence-electron chi connectivity index (χ4n) is 4.11. The van der Waals surface area contributed by atoms with Gasteiger partial charge >= 0.3 is 5.97 Å². The molecule has 0 saturated heterocycles. The van der Waals surface area contributed by atoms with Crippen LogP contribution in [-0.4, -0.2) is 25.7 Å². The van der Waals surface area contributed by atoms with Crippen molar-refractivity contribution < 1.29 is 9.63 Å². The second-order valence-electron chi connectivity index (χ2n) is 8.17. The van der Waals surface area contributed by atoms with Crippen LogP contribution in [0.2, 0.25) is 0 Å². The number of para-hydroxylation sites is 1. The molecule has 6 heteroatoms. The predicted molar refractivity (Wildman–Crippen MR) is 125 cm³/mol. The predicted octanol–water partition coefficient (Wildman–Crippen LogP) is 5.16. The Hall–Kier alpha value is -3.93. The standard InChI is InChI=1S/C26H24N4O2/c1-18(20-8-4-3-5-9-20)14-15-29-17-19(2)22-13-12-21(16-25(22)29)26(31)32-30-24-11-7-6-10-23(24)27-28-30/h3-13,16-18H,14-15H2,1-2H3. The molecule has 3 aromatic carbocycles. The van der Waals surface area contributed by atoms with Gasteiger partial charge in [-0.25, -0.2) is 4.79 Å². The van der Waals surface area contributed by atoms with E-state index in [1.165, 1.54) is 16.0 Å². The van der Waals surface area contributed by atoms with Crippen molar-refractivity contribution in [2.45, 2.75) is 32.7 Å². The van der Waals surface area contributed by atoms with Gasteiger partial charge in [0, 0.05) is 23.6 Å². The molecule has 0 bridgehead atoms. The number of nitrogens with zero attached hydrogens (tertiary/aromatic N) is 4. The lowest BCUT2D eigenvalue weighted by Gasteiger charge is -2.13. The first kappa shape index (κ1) is 20.0. The maximum absolute atomic E-state index is 12.8. The highest BCUT2D eigenvalue weighted by atomic mass is 16.7. The van der Waals surface area contributed by atoms with Gasteiger partial charge in [-0.05, 0) is 59.9 Å². The van der Waals surface area contributed by atoms with Crippen LogP contribution < -0.4 is 4.84 Å². The molecular weight excluding hydrogens is 400 g/mol. The second-order valence-corrected chi connectivity index (χ2v) is 8.17. The normalized spacial score (nSPS) is 12.3. The van der Waals surface area contributed by atoms with Crippen LogP contribution in [-0.2, 0) is 6.54 Å². The topological polar surface area (TPSA) is 61.9 Å². The summed E-state index contributed by atoms with van der Waals surface area (Å²) in [4.78, 5) is 19.5. The highest BCUT2D eigenvalue weighted by molar-refractivity contribution is 5.96. The Labute approximate surface area is 186 Å². The van der Waals surface area contributed by atoms with Crippen molar-refractivity contribution in [1.82, 2.24) is 19.7 Å². The smallest absolute Gasteiger partial charge is 0.347 e. The minimum Gasteiger partial charge on any atom is -0.347 e. The second kappa shape index (κ2) is 8.30. The van der Waals surface area contributed by atoms with Crippen molar-refractivity contribution in [2.75, 3.05) is 0 Å². The summed E-state index contributed by atoms with van der Waals surface area (Å²) in [7, 11) is 0. The molecule has 0 N–H and O–H groups in total. The Morgan fingerprint density at radius 1 is 1.00 bits per heavy atom. The van der Waals surface area contributed by atoms with Crippen LogP contribution in [0, 0.1) is 6.92 Å². The number of aromatic nitrogens is 4. The van der Waals surface area contributed by atoms with E-state index in [4.69, 9.17) is 4.84 Å². The number of carbonyl (C=O) groups is 1. The van der Waals surface area contributed by atoms with E-state index in [9.17, 15) is 4.79 Å². The number of hydrogen-bond acceptors (Lipinski definition) is 4. The van der Waals surface area contributed by atoms with Crippen molar-refractivity contribution in [3.8, 4) is 0 Å². The van der Waals surface area contributed by atoms with Crippen LogP contribution in [0.15, 0.2) is 79.0 Å². The van der Waals surface area contributed by atoms with Crippen LogP contribution in [0.4, 0.5) is 0 Å². The maximum Gasteiger partial charge on any atom is 0.365 e. The molecule has 1 unspecified atom stereocenters. The summed E-state index contributed by atoms with van der Waals surface area (Å²) >= 11 is 0. The highest BCUT2D eigenvalue weighted by Gasteiger charge is 2.15. The third kappa shape index (κ3) is 3.75. The Bertz CT molecular complexity index is 1400. The van der Waals surface area contributed by atoms with Crippen molar-refractivity contribution in [3.05, 3.63) is 95.7 Å². The molecule has 0 aliphatic rings. The first-order chi connectivity index (χ1) is 15.6. The van der Waals surface area contributed by atoms with Gasteiger partial charge < -0.3 is 9.40 Å². The average molecular weight is 425 g/mol. The summed E-state index contributed by atoms with van der Waals surface area (Å²) in [5.41, 5.74) is 5.36.